The van der Waals surface area contributed by atoms with Crippen molar-refractivity contribution >= 4 is 17.2 Å². The van der Waals surface area contributed by atoms with Gasteiger partial charge in [0.2, 0.25) is 0 Å². The van der Waals surface area contributed by atoms with Crippen molar-refractivity contribution < 1.29 is 0 Å². The van der Waals surface area contributed by atoms with Crippen LogP contribution in [0.4, 0.5) is 5.82 Å². The van der Waals surface area contributed by atoms with E-state index in [2.05, 4.69) is 14.7 Å². The summed E-state index contributed by atoms with van der Waals surface area (Å²) in [6.07, 6.45) is 8.12. The van der Waals surface area contributed by atoms with Gasteiger partial charge < -0.3 is 4.85 Å². The first-order chi connectivity index (χ1) is 10.8. The van der Waals surface area contributed by atoms with E-state index in [-0.39, 0.29) is 0 Å². The van der Waals surface area contributed by atoms with Crippen molar-refractivity contribution in [3.63, 3.8) is 0 Å². The summed E-state index contributed by atoms with van der Waals surface area (Å²) in [5.74, 6) is 0.443. The van der Waals surface area contributed by atoms with E-state index in [1.54, 1.807) is 23.6 Å². The number of rotatable bonds is 2. The first kappa shape index (κ1) is 13.9. The van der Waals surface area contributed by atoms with Crippen LogP contribution in [0.15, 0.2) is 18.3 Å². The van der Waals surface area contributed by atoms with Crippen LogP contribution in [-0.4, -0.2) is 34.0 Å². The van der Waals surface area contributed by atoms with E-state index in [9.17, 15) is 0 Å². The summed E-state index contributed by atoms with van der Waals surface area (Å²) in [4.78, 5) is 16.4. The highest BCUT2D eigenvalue weighted by molar-refractivity contribution is 7.15. The maximum absolute atomic E-state index is 6.97. The second-order valence-electron chi connectivity index (χ2n) is 6.03. The molecule has 0 N–H and O–H groups in total. The van der Waals surface area contributed by atoms with Gasteiger partial charge >= 0.3 is 0 Å². The Hall–Kier alpha value is -1.77. The number of pyridine rings is 1. The van der Waals surface area contributed by atoms with Gasteiger partial charge in [0.25, 0.3) is 5.82 Å². The summed E-state index contributed by atoms with van der Waals surface area (Å²) in [7, 11) is 0. The molecule has 2 aromatic heterocycles. The van der Waals surface area contributed by atoms with Gasteiger partial charge in [0, 0.05) is 30.4 Å². The standard InChI is InChI=1S/C17H18N4S/c1-18-16-6-5-12(11-19-16)17-20-14-7-9-21(13-3-2-4-13)10-8-15(14)22-17/h5-6,11,13H,2-4,7-10H2. The molecular formula is C17H18N4S. The predicted octanol–water partition coefficient (Wildman–Crippen LogP) is 3.71. The zero-order valence-electron chi connectivity index (χ0n) is 12.5. The molecule has 0 aromatic carbocycles. The SMILES string of the molecule is [C-]#[N+]c1ccc(-c2nc3c(s2)CCN(C2CCC2)CC3)cn1. The molecule has 3 heterocycles. The molecule has 1 aliphatic heterocycles. The van der Waals surface area contributed by atoms with Crippen LogP contribution in [0.25, 0.3) is 15.4 Å². The second kappa shape index (κ2) is 5.79. The molecule has 0 bridgehead atoms. The summed E-state index contributed by atoms with van der Waals surface area (Å²) in [6.45, 7) is 9.29. The lowest BCUT2D eigenvalue weighted by molar-refractivity contribution is 0.133. The van der Waals surface area contributed by atoms with Crippen LogP contribution < -0.4 is 0 Å². The van der Waals surface area contributed by atoms with Gasteiger partial charge in [0.15, 0.2) is 0 Å². The lowest BCUT2D eigenvalue weighted by atomic mass is 9.91. The molecule has 0 amide bonds. The first-order valence-electron chi connectivity index (χ1n) is 7.90. The molecule has 1 fully saturated rings. The lowest BCUT2D eigenvalue weighted by Crippen LogP contribution is -2.41. The van der Waals surface area contributed by atoms with E-state index in [4.69, 9.17) is 11.6 Å². The molecular weight excluding hydrogens is 292 g/mol. The molecule has 4 rings (SSSR count). The Morgan fingerprint density at radius 2 is 2.09 bits per heavy atom. The molecule has 0 unspecified atom stereocenters. The fraction of sp³-hybridized carbons (Fsp3) is 0.471. The van der Waals surface area contributed by atoms with Gasteiger partial charge in [-0.15, -0.1) is 16.3 Å². The molecule has 0 radical (unpaired) electrons. The van der Waals surface area contributed by atoms with Gasteiger partial charge in [-0.25, -0.2) is 4.98 Å². The van der Waals surface area contributed by atoms with Crippen molar-refractivity contribution in [3.05, 3.63) is 40.3 Å². The zero-order valence-corrected chi connectivity index (χ0v) is 13.3. The van der Waals surface area contributed by atoms with Gasteiger partial charge in [-0.05, 0) is 25.3 Å². The smallest absolute Gasteiger partial charge is 0.269 e. The summed E-state index contributed by atoms with van der Waals surface area (Å²) < 4.78 is 0. The van der Waals surface area contributed by atoms with Crippen molar-refractivity contribution in [2.24, 2.45) is 0 Å². The number of nitrogens with zero attached hydrogens (tertiary/aromatic N) is 4. The zero-order chi connectivity index (χ0) is 14.9. The molecule has 0 spiro atoms. The predicted molar refractivity (Wildman–Crippen MR) is 88.2 cm³/mol. The Morgan fingerprint density at radius 3 is 2.77 bits per heavy atom. The number of hydrogen-bond acceptors (Lipinski definition) is 4. The van der Waals surface area contributed by atoms with E-state index >= 15 is 0 Å². The molecule has 2 aromatic rings. The van der Waals surface area contributed by atoms with Crippen LogP contribution in [0.1, 0.15) is 29.8 Å². The fourth-order valence-electron chi connectivity index (χ4n) is 3.20. The van der Waals surface area contributed by atoms with Gasteiger partial charge in [-0.2, -0.15) is 0 Å². The quantitative estimate of drug-likeness (QED) is 0.793. The maximum atomic E-state index is 6.97. The third-order valence-corrected chi connectivity index (χ3v) is 5.95. The first-order valence-corrected chi connectivity index (χ1v) is 8.71. The second-order valence-corrected chi connectivity index (χ2v) is 7.11. The van der Waals surface area contributed by atoms with Crippen LogP contribution in [-0.2, 0) is 12.8 Å². The number of thiazole rings is 1. The number of hydrogen-bond donors (Lipinski definition) is 0. The van der Waals surface area contributed by atoms with Gasteiger partial charge in [0.05, 0.1) is 11.3 Å². The summed E-state index contributed by atoms with van der Waals surface area (Å²) in [5.41, 5.74) is 2.30. The molecule has 0 saturated heterocycles. The van der Waals surface area contributed by atoms with E-state index < -0.39 is 0 Å². The average Bonchev–Trinajstić information content (AvgIpc) is 2.82. The van der Waals surface area contributed by atoms with Gasteiger partial charge in [-0.3, -0.25) is 4.90 Å². The minimum atomic E-state index is 0.443. The van der Waals surface area contributed by atoms with E-state index in [1.165, 1.54) is 36.4 Å². The van der Waals surface area contributed by atoms with E-state index in [1.807, 2.05) is 6.07 Å². The monoisotopic (exact) mass is 310 g/mol. The molecule has 2 aliphatic rings. The van der Waals surface area contributed by atoms with Crippen LogP contribution >= 0.6 is 11.3 Å². The average molecular weight is 310 g/mol. The van der Waals surface area contributed by atoms with E-state index in [0.717, 1.165) is 36.0 Å². The minimum absolute atomic E-state index is 0.443. The third-order valence-electron chi connectivity index (χ3n) is 4.74. The van der Waals surface area contributed by atoms with Gasteiger partial charge in [0.1, 0.15) is 11.2 Å². The Labute approximate surface area is 134 Å². The molecule has 0 atom stereocenters. The third kappa shape index (κ3) is 2.53. The lowest BCUT2D eigenvalue weighted by Gasteiger charge is -2.36. The molecule has 5 heteroatoms. The summed E-state index contributed by atoms with van der Waals surface area (Å²) >= 11 is 1.80. The van der Waals surface area contributed by atoms with Crippen LogP contribution in [0.2, 0.25) is 0 Å². The van der Waals surface area contributed by atoms with Gasteiger partial charge in [-0.1, -0.05) is 19.1 Å². The minimum Gasteiger partial charge on any atom is -0.361 e. The molecule has 22 heavy (non-hydrogen) atoms. The molecule has 112 valence electrons. The highest BCUT2D eigenvalue weighted by Gasteiger charge is 2.27. The molecule has 1 aliphatic carbocycles. The Kier molecular flexibility index (Phi) is 3.65. The highest BCUT2D eigenvalue weighted by atomic mass is 32.1. The topological polar surface area (TPSA) is 33.4 Å². The Bertz CT molecular complexity index is 684. The van der Waals surface area contributed by atoms with Crippen LogP contribution in [0, 0.1) is 6.57 Å². The summed E-state index contributed by atoms with van der Waals surface area (Å²) in [6, 6.07) is 4.56. The number of aromatic nitrogens is 2. The molecule has 4 nitrogen and oxygen atoms in total. The highest BCUT2D eigenvalue weighted by Crippen LogP contribution is 2.32. The largest absolute Gasteiger partial charge is 0.361 e. The fourth-order valence-corrected chi connectivity index (χ4v) is 4.29. The molecule has 1 saturated carbocycles. The van der Waals surface area contributed by atoms with E-state index in [0.29, 0.717) is 5.82 Å². The maximum Gasteiger partial charge on any atom is 0.269 e. The normalized spacial score (nSPS) is 19.0. The Morgan fingerprint density at radius 1 is 1.23 bits per heavy atom. The van der Waals surface area contributed by atoms with Crippen molar-refractivity contribution in [3.8, 4) is 10.6 Å². The number of fused-ring (bicyclic) bond motifs is 1. The van der Waals surface area contributed by atoms with Crippen molar-refractivity contribution in [2.45, 2.75) is 38.1 Å². The van der Waals surface area contributed by atoms with Crippen molar-refractivity contribution in [2.75, 3.05) is 13.1 Å². The Balaban J connectivity index is 1.53. The summed E-state index contributed by atoms with van der Waals surface area (Å²) in [5, 5.41) is 1.05. The van der Waals surface area contributed by atoms with Crippen molar-refractivity contribution in [1.82, 2.24) is 14.9 Å². The van der Waals surface area contributed by atoms with Crippen LogP contribution in [0.3, 0.4) is 0 Å². The van der Waals surface area contributed by atoms with Crippen molar-refractivity contribution in [1.29, 1.82) is 0 Å². The van der Waals surface area contributed by atoms with Crippen LogP contribution in [0.5, 0.6) is 0 Å².